The Bertz CT molecular complexity index is 337. The summed E-state index contributed by atoms with van der Waals surface area (Å²) < 4.78 is 0. The minimum atomic E-state index is 0.617. The first kappa shape index (κ1) is 12.5. The third kappa shape index (κ3) is 3.56. The van der Waals surface area contributed by atoms with E-state index in [0.29, 0.717) is 6.54 Å². The van der Waals surface area contributed by atoms with E-state index >= 15 is 0 Å². The summed E-state index contributed by atoms with van der Waals surface area (Å²) in [7, 11) is 1.93. The van der Waals surface area contributed by atoms with E-state index in [-0.39, 0.29) is 0 Å². The molecule has 1 aromatic heterocycles. The van der Waals surface area contributed by atoms with E-state index in [0.717, 1.165) is 25.3 Å². The van der Waals surface area contributed by atoms with E-state index in [1.807, 2.05) is 19.3 Å². The van der Waals surface area contributed by atoms with Gasteiger partial charge in [-0.25, -0.2) is 4.98 Å². The zero-order chi connectivity index (χ0) is 11.8. The number of rotatable bonds is 6. The predicted molar refractivity (Wildman–Crippen MR) is 68.3 cm³/mol. The van der Waals surface area contributed by atoms with Gasteiger partial charge in [-0.3, -0.25) is 0 Å². The quantitative estimate of drug-likeness (QED) is 0.734. The second kappa shape index (κ2) is 6.86. The predicted octanol–water partition coefficient (Wildman–Crippen LogP) is 1.65. The van der Waals surface area contributed by atoms with Crippen LogP contribution < -0.4 is 10.2 Å². The van der Waals surface area contributed by atoms with Crippen LogP contribution in [-0.2, 0) is 6.54 Å². The Kier molecular flexibility index (Phi) is 5.38. The lowest BCUT2D eigenvalue weighted by Crippen LogP contribution is -2.25. The molecule has 0 amide bonds. The largest absolute Gasteiger partial charge is 0.345 e. The highest BCUT2D eigenvalue weighted by molar-refractivity contribution is 5.40. The van der Waals surface area contributed by atoms with Gasteiger partial charge in [0.05, 0.1) is 6.54 Å². The molecule has 0 spiro atoms. The highest BCUT2D eigenvalue weighted by atomic mass is 15.2. The number of nitrogens with one attached hydrogen (secondary N) is 1. The van der Waals surface area contributed by atoms with Crippen LogP contribution in [0, 0.1) is 12.3 Å². The lowest BCUT2D eigenvalue weighted by molar-refractivity contribution is 0.795. The molecule has 3 heteroatoms. The van der Waals surface area contributed by atoms with Gasteiger partial charge in [-0.15, -0.1) is 6.42 Å². The fourth-order valence-corrected chi connectivity index (χ4v) is 1.57. The SMILES string of the molecule is C#CCN(CCC)c1ccc(CNC)cn1. The Labute approximate surface area is 97.9 Å². The standard InChI is InChI=1S/C13H19N3/c1-4-8-16(9-5-2)13-7-6-12(10-14-3)11-15-13/h1,6-7,11,14H,5,8-10H2,2-3H3. The van der Waals surface area contributed by atoms with Crippen LogP contribution in [0.25, 0.3) is 0 Å². The summed E-state index contributed by atoms with van der Waals surface area (Å²) in [6, 6.07) is 4.11. The maximum absolute atomic E-state index is 5.35. The minimum absolute atomic E-state index is 0.617. The van der Waals surface area contributed by atoms with Crippen LogP contribution in [-0.4, -0.2) is 25.1 Å². The van der Waals surface area contributed by atoms with Crippen molar-refractivity contribution in [3.05, 3.63) is 23.9 Å². The first-order chi connectivity index (χ1) is 7.81. The van der Waals surface area contributed by atoms with Crippen molar-refractivity contribution in [2.75, 3.05) is 25.0 Å². The lowest BCUT2D eigenvalue weighted by Gasteiger charge is -2.20. The minimum Gasteiger partial charge on any atom is -0.345 e. The number of pyridine rings is 1. The average Bonchev–Trinajstić information content (AvgIpc) is 2.30. The highest BCUT2D eigenvalue weighted by Crippen LogP contribution is 2.11. The van der Waals surface area contributed by atoms with Crippen LogP contribution in [0.15, 0.2) is 18.3 Å². The van der Waals surface area contributed by atoms with Crippen molar-refractivity contribution in [1.82, 2.24) is 10.3 Å². The van der Waals surface area contributed by atoms with Gasteiger partial charge in [-0.2, -0.15) is 0 Å². The molecule has 0 fully saturated rings. The van der Waals surface area contributed by atoms with E-state index in [1.54, 1.807) is 0 Å². The van der Waals surface area contributed by atoms with Gasteiger partial charge in [0.2, 0.25) is 0 Å². The van der Waals surface area contributed by atoms with Crippen LogP contribution in [0.5, 0.6) is 0 Å². The molecule has 0 saturated carbocycles. The second-order valence-corrected chi connectivity index (χ2v) is 3.68. The van der Waals surface area contributed by atoms with Crippen molar-refractivity contribution in [2.24, 2.45) is 0 Å². The molecule has 0 aliphatic carbocycles. The third-order valence-electron chi connectivity index (χ3n) is 2.29. The summed E-state index contributed by atoms with van der Waals surface area (Å²) in [6.07, 6.45) is 8.31. The molecule has 1 aromatic rings. The molecule has 0 radical (unpaired) electrons. The molecule has 3 nitrogen and oxygen atoms in total. The third-order valence-corrected chi connectivity index (χ3v) is 2.29. The number of nitrogens with zero attached hydrogens (tertiary/aromatic N) is 2. The van der Waals surface area contributed by atoms with Gasteiger partial charge in [0, 0.05) is 19.3 Å². The molecule has 0 unspecified atom stereocenters. The summed E-state index contributed by atoms with van der Waals surface area (Å²) in [4.78, 5) is 6.54. The smallest absolute Gasteiger partial charge is 0.129 e. The number of anilines is 1. The summed E-state index contributed by atoms with van der Waals surface area (Å²) in [5.74, 6) is 3.62. The van der Waals surface area contributed by atoms with Crippen molar-refractivity contribution in [3.8, 4) is 12.3 Å². The Balaban J connectivity index is 2.73. The van der Waals surface area contributed by atoms with Crippen LogP contribution in [0.4, 0.5) is 5.82 Å². The van der Waals surface area contributed by atoms with Crippen LogP contribution in [0.2, 0.25) is 0 Å². The Hall–Kier alpha value is -1.53. The molecule has 1 rings (SSSR count). The fourth-order valence-electron chi connectivity index (χ4n) is 1.57. The maximum Gasteiger partial charge on any atom is 0.129 e. The molecule has 0 atom stereocenters. The summed E-state index contributed by atoms with van der Waals surface area (Å²) in [6.45, 7) is 4.55. The van der Waals surface area contributed by atoms with Crippen molar-refractivity contribution >= 4 is 5.82 Å². The Morgan fingerprint density at radius 3 is 2.81 bits per heavy atom. The molecule has 0 saturated heterocycles. The summed E-state index contributed by atoms with van der Waals surface area (Å²) in [5, 5.41) is 3.10. The molecular weight excluding hydrogens is 198 g/mol. The highest BCUT2D eigenvalue weighted by Gasteiger charge is 2.04. The van der Waals surface area contributed by atoms with Crippen molar-refractivity contribution < 1.29 is 0 Å². The molecule has 16 heavy (non-hydrogen) atoms. The Morgan fingerprint density at radius 1 is 1.50 bits per heavy atom. The van der Waals surface area contributed by atoms with E-state index in [2.05, 4.69) is 34.1 Å². The number of hydrogen-bond donors (Lipinski definition) is 1. The maximum atomic E-state index is 5.35. The molecule has 0 bridgehead atoms. The monoisotopic (exact) mass is 217 g/mol. The summed E-state index contributed by atoms with van der Waals surface area (Å²) in [5.41, 5.74) is 1.18. The topological polar surface area (TPSA) is 28.2 Å². The first-order valence-corrected chi connectivity index (χ1v) is 5.59. The molecule has 1 N–H and O–H groups in total. The second-order valence-electron chi connectivity index (χ2n) is 3.68. The van der Waals surface area contributed by atoms with Gasteiger partial charge in [-0.1, -0.05) is 18.9 Å². The van der Waals surface area contributed by atoms with Crippen molar-refractivity contribution in [2.45, 2.75) is 19.9 Å². The summed E-state index contributed by atoms with van der Waals surface area (Å²) >= 11 is 0. The number of aromatic nitrogens is 1. The van der Waals surface area contributed by atoms with E-state index in [1.165, 1.54) is 5.56 Å². The van der Waals surface area contributed by atoms with Gasteiger partial charge in [0.1, 0.15) is 5.82 Å². The average molecular weight is 217 g/mol. The van der Waals surface area contributed by atoms with E-state index < -0.39 is 0 Å². The van der Waals surface area contributed by atoms with Gasteiger partial charge >= 0.3 is 0 Å². The number of hydrogen-bond acceptors (Lipinski definition) is 3. The zero-order valence-electron chi connectivity index (χ0n) is 10.0. The molecule has 1 heterocycles. The fraction of sp³-hybridized carbons (Fsp3) is 0.462. The van der Waals surface area contributed by atoms with E-state index in [9.17, 15) is 0 Å². The van der Waals surface area contributed by atoms with Crippen LogP contribution >= 0.6 is 0 Å². The van der Waals surface area contributed by atoms with Crippen LogP contribution in [0.1, 0.15) is 18.9 Å². The van der Waals surface area contributed by atoms with Gasteiger partial charge in [-0.05, 0) is 25.1 Å². The van der Waals surface area contributed by atoms with Gasteiger partial charge < -0.3 is 10.2 Å². The molecule has 0 aliphatic heterocycles. The first-order valence-electron chi connectivity index (χ1n) is 5.59. The molecule has 0 aliphatic rings. The Morgan fingerprint density at radius 2 is 2.31 bits per heavy atom. The molecular formula is C13H19N3. The normalized spacial score (nSPS) is 9.81. The molecule has 86 valence electrons. The number of terminal acetylenes is 1. The zero-order valence-corrected chi connectivity index (χ0v) is 10.0. The van der Waals surface area contributed by atoms with Crippen molar-refractivity contribution in [1.29, 1.82) is 0 Å². The molecule has 0 aromatic carbocycles. The van der Waals surface area contributed by atoms with Gasteiger partial charge in [0.15, 0.2) is 0 Å². The van der Waals surface area contributed by atoms with E-state index in [4.69, 9.17) is 6.42 Å². The lowest BCUT2D eigenvalue weighted by atomic mass is 10.2. The van der Waals surface area contributed by atoms with Gasteiger partial charge in [0.25, 0.3) is 0 Å². The van der Waals surface area contributed by atoms with Crippen molar-refractivity contribution in [3.63, 3.8) is 0 Å². The van der Waals surface area contributed by atoms with Crippen LogP contribution in [0.3, 0.4) is 0 Å².